The monoisotopic (exact) mass is 596 g/mol. The smallest absolute Gasteiger partial charge is 0.333 e. The molecule has 9 atom stereocenters. The second-order valence-corrected chi connectivity index (χ2v) is 13.1. The van der Waals surface area contributed by atoms with E-state index < -0.39 is 36.3 Å². The van der Waals surface area contributed by atoms with E-state index in [4.69, 9.17) is 9.84 Å². The Hall–Kier alpha value is -1.74. The van der Waals surface area contributed by atoms with E-state index >= 15 is 0 Å². The molecule has 0 radical (unpaired) electrons. The Labute approximate surface area is 254 Å². The summed E-state index contributed by atoms with van der Waals surface area (Å²) in [5, 5.41) is 50.9. The number of hydrogen-bond donors (Lipinski definition) is 5. The number of aliphatic carboxylic acids is 1. The second kappa shape index (κ2) is 20.3. The lowest BCUT2D eigenvalue weighted by molar-refractivity contribution is -0.150. The zero-order chi connectivity index (χ0) is 31.8. The van der Waals surface area contributed by atoms with Gasteiger partial charge >= 0.3 is 11.9 Å². The number of rotatable bonds is 11. The molecule has 5 N–H and O–H groups in total. The van der Waals surface area contributed by atoms with Crippen LogP contribution in [0.4, 0.5) is 0 Å². The predicted octanol–water partition coefficient (Wildman–Crippen LogP) is 5.95. The van der Waals surface area contributed by atoms with Crippen LogP contribution in [0, 0.1) is 23.7 Å². The van der Waals surface area contributed by atoms with Crippen molar-refractivity contribution in [1.82, 2.24) is 0 Å². The van der Waals surface area contributed by atoms with Gasteiger partial charge in [0.1, 0.15) is 6.10 Å². The molecular formula is C34H60O8. The second-order valence-electron chi connectivity index (χ2n) is 13.1. The zero-order valence-electron chi connectivity index (χ0n) is 27.0. The van der Waals surface area contributed by atoms with E-state index in [1.807, 2.05) is 6.92 Å². The Morgan fingerprint density at radius 3 is 2.24 bits per heavy atom. The lowest BCUT2D eigenvalue weighted by atomic mass is 9.85. The molecule has 0 aromatic rings. The van der Waals surface area contributed by atoms with Crippen molar-refractivity contribution in [3.8, 4) is 0 Å². The quantitative estimate of drug-likeness (QED) is 0.112. The summed E-state index contributed by atoms with van der Waals surface area (Å²) in [5.74, 6) is -1.13. The minimum Gasteiger partial charge on any atom is -0.481 e. The van der Waals surface area contributed by atoms with E-state index in [9.17, 15) is 30.0 Å². The summed E-state index contributed by atoms with van der Waals surface area (Å²) in [7, 11) is 0. The molecule has 0 spiro atoms. The van der Waals surface area contributed by atoms with E-state index in [1.54, 1.807) is 19.9 Å². The third-order valence-electron chi connectivity index (χ3n) is 9.05. The van der Waals surface area contributed by atoms with Gasteiger partial charge in [-0.2, -0.15) is 0 Å². The highest BCUT2D eigenvalue weighted by Gasteiger charge is 2.29. The number of carboxylic acid groups (broad SMARTS) is 1. The summed E-state index contributed by atoms with van der Waals surface area (Å²) in [5.41, 5.74) is 1.26. The minimum absolute atomic E-state index is 0.130. The number of aliphatic hydroxyl groups is 4. The number of ether oxygens (including phenoxy) is 1. The molecule has 1 heterocycles. The number of unbranched alkanes of at least 4 members (excludes halogenated alkanes) is 2. The number of allylic oxidation sites excluding steroid dienone is 1. The third-order valence-corrected chi connectivity index (χ3v) is 9.05. The maximum atomic E-state index is 13.1. The van der Waals surface area contributed by atoms with E-state index in [1.165, 1.54) is 0 Å². The molecule has 0 fully saturated rings. The van der Waals surface area contributed by atoms with E-state index in [0.717, 1.165) is 44.1 Å². The molecule has 0 aromatic carbocycles. The van der Waals surface area contributed by atoms with Crippen LogP contribution in [0.5, 0.6) is 0 Å². The average molecular weight is 597 g/mol. The van der Waals surface area contributed by atoms with Crippen LogP contribution in [-0.2, 0) is 14.3 Å². The van der Waals surface area contributed by atoms with E-state index in [0.29, 0.717) is 31.3 Å². The number of hydrogen-bond acceptors (Lipinski definition) is 7. The first kappa shape index (κ1) is 38.3. The summed E-state index contributed by atoms with van der Waals surface area (Å²) in [4.78, 5) is 23.8. The highest BCUT2D eigenvalue weighted by atomic mass is 16.5. The predicted molar refractivity (Wildman–Crippen MR) is 166 cm³/mol. The van der Waals surface area contributed by atoms with Crippen molar-refractivity contribution in [2.24, 2.45) is 23.7 Å². The molecule has 1 unspecified atom stereocenters. The van der Waals surface area contributed by atoms with Crippen molar-refractivity contribution in [2.75, 3.05) is 0 Å². The zero-order valence-corrected chi connectivity index (χ0v) is 27.0. The van der Waals surface area contributed by atoms with Gasteiger partial charge in [0, 0.05) is 24.3 Å². The van der Waals surface area contributed by atoms with Crippen molar-refractivity contribution in [3.05, 3.63) is 23.3 Å². The number of esters is 1. The van der Waals surface area contributed by atoms with Crippen molar-refractivity contribution in [2.45, 2.75) is 156 Å². The van der Waals surface area contributed by atoms with Gasteiger partial charge in [0.25, 0.3) is 0 Å². The van der Waals surface area contributed by atoms with E-state index in [2.05, 4.69) is 26.8 Å². The SMILES string of the molecule is C/C1=C\C[C@@H](O)[C@@H](C)[C@H](O)C[C@H](O)/C(C)=C/[C@@H](C)CCC[C@H](C)[C@@H]([C@H](C)CCCCC(O)CCCCC(=O)O)OC1=O. The average Bonchev–Trinajstić information content (AvgIpc) is 2.93. The van der Waals surface area contributed by atoms with Crippen LogP contribution in [-0.4, -0.2) is 68.0 Å². The normalized spacial score (nSPS) is 33.2. The minimum atomic E-state index is -0.877. The fourth-order valence-corrected chi connectivity index (χ4v) is 5.87. The number of carbonyl (C=O) groups excluding carboxylic acids is 1. The first-order chi connectivity index (χ1) is 19.7. The summed E-state index contributed by atoms with van der Waals surface area (Å²) < 4.78 is 6.11. The Morgan fingerprint density at radius 2 is 1.60 bits per heavy atom. The molecular weight excluding hydrogens is 536 g/mol. The number of cyclic esters (lactones) is 1. The molecule has 8 nitrogen and oxygen atoms in total. The molecule has 0 aromatic heterocycles. The van der Waals surface area contributed by atoms with E-state index in [-0.39, 0.29) is 49.1 Å². The molecule has 1 aliphatic heterocycles. The van der Waals surface area contributed by atoms with Crippen molar-refractivity contribution >= 4 is 11.9 Å². The summed E-state index contributed by atoms with van der Waals surface area (Å²) >= 11 is 0. The number of aliphatic hydroxyl groups excluding tert-OH is 4. The van der Waals surface area contributed by atoms with Gasteiger partial charge in [-0.1, -0.05) is 65.5 Å². The molecule has 0 aliphatic carbocycles. The number of carboxylic acids is 1. The van der Waals surface area contributed by atoms with Gasteiger partial charge in [-0.3, -0.25) is 4.79 Å². The van der Waals surface area contributed by atoms with Crippen LogP contribution >= 0.6 is 0 Å². The standard InChI is InChI=1S/C34H60O8/c1-22-12-11-14-24(3)33(23(2)13-7-8-15-28(35)16-9-10-17-32(39)40)42-34(41)25(4)18-19-29(36)27(6)31(38)21-30(37)26(5)20-22/h18,20,22-24,27-31,33,35-38H,7-17,19,21H2,1-6H3,(H,39,40)/b25-18+,26-20+/t22-,23+,24-,27+,28?,29+,30-,31+,33+/m0/s1. The van der Waals surface area contributed by atoms with Crippen molar-refractivity contribution in [1.29, 1.82) is 0 Å². The first-order valence-corrected chi connectivity index (χ1v) is 16.2. The van der Waals surface area contributed by atoms with Gasteiger partial charge < -0.3 is 30.3 Å². The Morgan fingerprint density at radius 1 is 0.976 bits per heavy atom. The summed E-state index contributed by atoms with van der Waals surface area (Å²) in [6.07, 6.45) is 9.03. The topological polar surface area (TPSA) is 145 Å². The van der Waals surface area contributed by atoms with Crippen LogP contribution in [0.25, 0.3) is 0 Å². The maximum absolute atomic E-state index is 13.1. The van der Waals surface area contributed by atoms with Gasteiger partial charge in [-0.15, -0.1) is 0 Å². The van der Waals surface area contributed by atoms with Crippen LogP contribution in [0.3, 0.4) is 0 Å². The molecule has 0 bridgehead atoms. The lowest BCUT2D eigenvalue weighted by Gasteiger charge is -2.30. The highest BCUT2D eigenvalue weighted by Crippen LogP contribution is 2.29. The molecule has 0 saturated heterocycles. The largest absolute Gasteiger partial charge is 0.481 e. The molecule has 1 rings (SSSR count). The van der Waals surface area contributed by atoms with Crippen LogP contribution in [0.15, 0.2) is 23.3 Å². The third kappa shape index (κ3) is 15.1. The fraction of sp³-hybridized carbons (Fsp3) is 0.824. The number of carbonyl (C=O) groups is 2. The Bertz CT molecular complexity index is 852. The lowest BCUT2D eigenvalue weighted by Crippen LogP contribution is -2.33. The van der Waals surface area contributed by atoms with Gasteiger partial charge in [0.05, 0.1) is 24.4 Å². The van der Waals surface area contributed by atoms with Gasteiger partial charge in [-0.25, -0.2) is 4.79 Å². The summed E-state index contributed by atoms with van der Waals surface area (Å²) in [6.45, 7) is 11.7. The molecule has 0 amide bonds. The van der Waals surface area contributed by atoms with Crippen molar-refractivity contribution in [3.63, 3.8) is 0 Å². The maximum Gasteiger partial charge on any atom is 0.333 e. The molecule has 42 heavy (non-hydrogen) atoms. The molecule has 244 valence electrons. The van der Waals surface area contributed by atoms with Gasteiger partial charge in [0.2, 0.25) is 0 Å². The molecule has 0 saturated carbocycles. The van der Waals surface area contributed by atoms with Crippen molar-refractivity contribution < 1.29 is 39.9 Å². The van der Waals surface area contributed by atoms with Gasteiger partial charge in [0.15, 0.2) is 0 Å². The molecule has 8 heteroatoms. The molecule has 1 aliphatic rings. The Balaban J connectivity index is 2.89. The van der Waals surface area contributed by atoms with Gasteiger partial charge in [-0.05, 0) is 82.1 Å². The van der Waals surface area contributed by atoms with Crippen LogP contribution < -0.4 is 0 Å². The first-order valence-electron chi connectivity index (χ1n) is 16.2. The van der Waals surface area contributed by atoms with Crippen LogP contribution in [0.1, 0.15) is 125 Å². The summed E-state index contributed by atoms with van der Waals surface area (Å²) in [6, 6.07) is 0. The Kier molecular flexibility index (Phi) is 18.5. The van der Waals surface area contributed by atoms with Crippen LogP contribution in [0.2, 0.25) is 0 Å². The highest BCUT2D eigenvalue weighted by molar-refractivity contribution is 5.87. The fourth-order valence-electron chi connectivity index (χ4n) is 5.87.